The second-order valence-corrected chi connectivity index (χ2v) is 5.62. The molecule has 0 bridgehead atoms. The van der Waals surface area contributed by atoms with Crippen LogP contribution in [0.5, 0.6) is 11.5 Å². The number of methoxy groups -OCH3 is 2. The molecule has 0 aliphatic rings. The maximum Gasteiger partial charge on any atom is 0.196 e. The van der Waals surface area contributed by atoms with Gasteiger partial charge in [-0.3, -0.25) is 15.6 Å². The Hall–Kier alpha value is -3.02. The van der Waals surface area contributed by atoms with Crippen molar-refractivity contribution >= 4 is 23.0 Å². The number of nitrogens with one attached hydrogen (secondary N) is 2. The van der Waals surface area contributed by atoms with Gasteiger partial charge in [0.2, 0.25) is 0 Å². The Morgan fingerprint density at radius 2 is 1.80 bits per heavy atom. The van der Waals surface area contributed by atoms with E-state index in [2.05, 4.69) is 15.8 Å². The van der Waals surface area contributed by atoms with E-state index in [1.165, 1.54) is 6.92 Å². The Bertz CT molecular complexity index is 800. The van der Waals surface area contributed by atoms with Crippen molar-refractivity contribution in [2.24, 2.45) is 4.99 Å². The van der Waals surface area contributed by atoms with Crippen molar-refractivity contribution < 1.29 is 14.3 Å². The molecule has 6 heteroatoms. The average Bonchev–Trinajstić information content (AvgIpc) is 2.59. The van der Waals surface area contributed by atoms with E-state index in [0.29, 0.717) is 17.2 Å². The highest BCUT2D eigenvalue weighted by atomic mass is 16.5. The monoisotopic (exact) mass is 341 g/mol. The largest absolute Gasteiger partial charge is 0.497 e. The molecular formula is C19H23N3O3. The van der Waals surface area contributed by atoms with Crippen molar-refractivity contribution in [1.29, 1.82) is 0 Å². The lowest BCUT2D eigenvalue weighted by atomic mass is 10.1. The van der Waals surface area contributed by atoms with E-state index in [9.17, 15) is 4.79 Å². The molecule has 0 aliphatic carbocycles. The van der Waals surface area contributed by atoms with Crippen LogP contribution in [0.15, 0.2) is 41.4 Å². The first-order chi connectivity index (χ1) is 11.9. The number of carbonyl (C=O) groups is 1. The summed E-state index contributed by atoms with van der Waals surface area (Å²) in [6.07, 6.45) is 0. The molecule has 0 spiro atoms. The summed E-state index contributed by atoms with van der Waals surface area (Å²) in [6.45, 7) is 5.43. The number of rotatable bonds is 6. The summed E-state index contributed by atoms with van der Waals surface area (Å²) in [5, 5.41) is 0. The predicted octanol–water partition coefficient (Wildman–Crippen LogP) is 3.56. The second-order valence-electron chi connectivity index (χ2n) is 5.62. The Morgan fingerprint density at radius 3 is 2.40 bits per heavy atom. The normalized spacial score (nSPS) is 11.0. The number of aliphatic imine (C=N–C) groups is 1. The van der Waals surface area contributed by atoms with Crippen LogP contribution in [0, 0.1) is 13.8 Å². The lowest BCUT2D eigenvalue weighted by molar-refractivity contribution is -0.111. The second kappa shape index (κ2) is 8.19. The number of aryl methyl sites for hydroxylation is 2. The highest BCUT2D eigenvalue weighted by molar-refractivity contribution is 6.38. The first-order valence-corrected chi connectivity index (χ1v) is 7.85. The lowest BCUT2D eigenvalue weighted by Gasteiger charge is -2.15. The molecule has 0 radical (unpaired) electrons. The van der Waals surface area contributed by atoms with Crippen molar-refractivity contribution in [3.05, 3.63) is 47.5 Å². The van der Waals surface area contributed by atoms with Crippen LogP contribution in [0.25, 0.3) is 0 Å². The maximum atomic E-state index is 11.9. The Balaban J connectivity index is 2.26. The highest BCUT2D eigenvalue weighted by Crippen LogP contribution is 2.28. The fourth-order valence-corrected chi connectivity index (χ4v) is 2.28. The van der Waals surface area contributed by atoms with Gasteiger partial charge in [-0.15, -0.1) is 0 Å². The number of anilines is 1. The summed E-state index contributed by atoms with van der Waals surface area (Å²) in [7, 11) is 3.16. The molecule has 2 aromatic carbocycles. The minimum atomic E-state index is -0.186. The summed E-state index contributed by atoms with van der Waals surface area (Å²) < 4.78 is 10.5. The molecule has 2 N–H and O–H groups in total. The third-order valence-electron chi connectivity index (χ3n) is 3.64. The van der Waals surface area contributed by atoms with Gasteiger partial charge in [-0.2, -0.15) is 0 Å². The molecule has 0 saturated heterocycles. The van der Waals surface area contributed by atoms with Crippen molar-refractivity contribution in [2.45, 2.75) is 20.8 Å². The van der Waals surface area contributed by atoms with E-state index in [0.717, 1.165) is 16.8 Å². The van der Waals surface area contributed by atoms with E-state index >= 15 is 0 Å². The molecule has 0 atom stereocenters. The van der Waals surface area contributed by atoms with Gasteiger partial charge >= 0.3 is 0 Å². The zero-order valence-corrected chi connectivity index (χ0v) is 15.1. The summed E-state index contributed by atoms with van der Waals surface area (Å²) >= 11 is 0. The van der Waals surface area contributed by atoms with Crippen molar-refractivity contribution in [3.8, 4) is 11.5 Å². The van der Waals surface area contributed by atoms with Crippen molar-refractivity contribution in [1.82, 2.24) is 5.43 Å². The fraction of sp³-hybridized carbons (Fsp3) is 0.263. The third-order valence-corrected chi connectivity index (χ3v) is 3.64. The van der Waals surface area contributed by atoms with Crippen molar-refractivity contribution in [3.63, 3.8) is 0 Å². The summed E-state index contributed by atoms with van der Waals surface area (Å²) in [4.78, 5) is 16.4. The molecule has 25 heavy (non-hydrogen) atoms. The van der Waals surface area contributed by atoms with Gasteiger partial charge in [0.1, 0.15) is 11.5 Å². The molecule has 0 fully saturated rings. The van der Waals surface area contributed by atoms with Crippen LogP contribution in [0.3, 0.4) is 0 Å². The quantitative estimate of drug-likeness (QED) is 0.477. The number of hydrazine groups is 1. The van der Waals surface area contributed by atoms with Crippen LogP contribution >= 0.6 is 0 Å². The minimum absolute atomic E-state index is 0.186. The topological polar surface area (TPSA) is 72.0 Å². The highest BCUT2D eigenvalue weighted by Gasteiger charge is 2.10. The molecule has 2 aromatic rings. The van der Waals surface area contributed by atoms with Gasteiger partial charge < -0.3 is 9.47 Å². The van der Waals surface area contributed by atoms with Crippen LogP contribution in [0.4, 0.5) is 11.4 Å². The number of hydrogen-bond acceptors (Lipinski definition) is 5. The first kappa shape index (κ1) is 18.3. The number of ketones is 1. The molecule has 0 saturated carbocycles. The number of benzene rings is 2. The maximum absolute atomic E-state index is 11.9. The van der Waals surface area contributed by atoms with E-state index < -0.39 is 0 Å². The lowest BCUT2D eigenvalue weighted by Crippen LogP contribution is -2.34. The molecule has 0 unspecified atom stereocenters. The van der Waals surface area contributed by atoms with E-state index in [1.807, 2.05) is 32.0 Å². The van der Waals surface area contributed by atoms with Gasteiger partial charge in [-0.25, -0.2) is 4.99 Å². The van der Waals surface area contributed by atoms with E-state index in [1.54, 1.807) is 32.4 Å². The predicted molar refractivity (Wildman–Crippen MR) is 100.0 cm³/mol. The van der Waals surface area contributed by atoms with E-state index in [-0.39, 0.29) is 11.6 Å². The summed E-state index contributed by atoms with van der Waals surface area (Å²) in [5.41, 5.74) is 9.35. The number of amidine groups is 1. The van der Waals surface area contributed by atoms with Crippen LogP contribution in [-0.4, -0.2) is 25.8 Å². The van der Waals surface area contributed by atoms with Gasteiger partial charge in [0.15, 0.2) is 11.6 Å². The summed E-state index contributed by atoms with van der Waals surface area (Å²) in [6, 6.07) is 11.2. The smallest absolute Gasteiger partial charge is 0.196 e. The van der Waals surface area contributed by atoms with Crippen LogP contribution in [-0.2, 0) is 4.79 Å². The van der Waals surface area contributed by atoms with E-state index in [4.69, 9.17) is 9.47 Å². The standard InChI is InChI=1S/C19H23N3O3/c1-12-6-8-16(13(2)10-12)20-19(14(3)23)22-21-17-11-15(24-4)7-9-18(17)25-5/h6-11,21H,1-5H3,(H,20,22). The third kappa shape index (κ3) is 4.73. The number of ether oxygens (including phenoxy) is 2. The van der Waals surface area contributed by atoms with Gasteiger partial charge in [0, 0.05) is 13.0 Å². The van der Waals surface area contributed by atoms with Gasteiger partial charge in [0.05, 0.1) is 25.6 Å². The zero-order valence-electron chi connectivity index (χ0n) is 15.1. The minimum Gasteiger partial charge on any atom is -0.497 e. The number of hydrogen-bond donors (Lipinski definition) is 2. The number of Topliss-reactive ketones (excluding diaryl/α,β-unsaturated/α-hetero) is 1. The number of carbonyl (C=O) groups excluding carboxylic acids is 1. The molecule has 0 aromatic heterocycles. The molecule has 0 heterocycles. The molecule has 0 aliphatic heterocycles. The molecule has 132 valence electrons. The van der Waals surface area contributed by atoms with Crippen LogP contribution in [0.2, 0.25) is 0 Å². The Labute approximate surface area is 147 Å². The van der Waals surface area contributed by atoms with Gasteiger partial charge in [0.25, 0.3) is 0 Å². The SMILES string of the molecule is COc1ccc(OC)c(NNC(=Nc2ccc(C)cc2C)C(C)=O)c1. The van der Waals surface area contributed by atoms with Gasteiger partial charge in [-0.1, -0.05) is 17.7 Å². The average molecular weight is 341 g/mol. The fourth-order valence-electron chi connectivity index (χ4n) is 2.28. The summed E-state index contributed by atoms with van der Waals surface area (Å²) in [5.74, 6) is 1.30. The number of nitrogens with zero attached hydrogens (tertiary/aromatic N) is 1. The Morgan fingerprint density at radius 1 is 1.04 bits per heavy atom. The first-order valence-electron chi connectivity index (χ1n) is 7.85. The Kier molecular flexibility index (Phi) is 6.00. The van der Waals surface area contributed by atoms with Gasteiger partial charge in [-0.05, 0) is 37.6 Å². The molecular weight excluding hydrogens is 318 g/mol. The molecule has 6 nitrogen and oxygen atoms in total. The van der Waals surface area contributed by atoms with Crippen LogP contribution in [0.1, 0.15) is 18.1 Å². The molecule has 2 rings (SSSR count). The van der Waals surface area contributed by atoms with Crippen LogP contribution < -0.4 is 20.3 Å². The van der Waals surface area contributed by atoms with Crippen molar-refractivity contribution in [2.75, 3.05) is 19.6 Å². The zero-order chi connectivity index (χ0) is 18.4. The molecule has 0 amide bonds.